The van der Waals surface area contributed by atoms with Crippen LogP contribution in [0.1, 0.15) is 20.8 Å². The Labute approximate surface area is 216 Å². The Morgan fingerprint density at radius 2 is 1.70 bits per heavy atom. The Morgan fingerprint density at radius 3 is 2.41 bits per heavy atom. The molecule has 2 heterocycles. The lowest BCUT2D eigenvalue weighted by Crippen LogP contribution is -2.32. The normalized spacial score (nSPS) is 10.9. The van der Waals surface area contributed by atoms with E-state index in [1.54, 1.807) is 55.3 Å². The predicted octanol–water partition coefficient (Wildman–Crippen LogP) is 3.97. The molecule has 0 atom stereocenters. The number of fused-ring (bicyclic) bond motifs is 1. The zero-order valence-corrected chi connectivity index (χ0v) is 21.4. The molecule has 0 aliphatic heterocycles. The van der Waals surface area contributed by atoms with Crippen LogP contribution < -0.4 is 20.1 Å². The van der Waals surface area contributed by atoms with Crippen molar-refractivity contribution in [2.24, 2.45) is 0 Å². The monoisotopic (exact) mass is 501 g/mol. The Kier molecular flexibility index (Phi) is 8.05. The van der Waals surface area contributed by atoms with Gasteiger partial charge in [0.05, 0.1) is 26.3 Å². The largest absolute Gasteiger partial charge is 0.497 e. The van der Waals surface area contributed by atoms with Crippen LogP contribution in [0.3, 0.4) is 0 Å². The quantitative estimate of drug-likeness (QED) is 0.300. The Hall–Kier alpha value is -4.37. The summed E-state index contributed by atoms with van der Waals surface area (Å²) < 4.78 is 12.2. The molecule has 2 aromatic heterocycles. The first-order valence-corrected chi connectivity index (χ1v) is 11.9. The Morgan fingerprint density at radius 1 is 0.946 bits per heavy atom. The molecule has 0 aliphatic carbocycles. The summed E-state index contributed by atoms with van der Waals surface area (Å²) in [4.78, 5) is 32.5. The Balaban J connectivity index is 1.68. The second kappa shape index (κ2) is 11.6. The highest BCUT2D eigenvalue weighted by Gasteiger charge is 2.19. The lowest BCUT2D eigenvalue weighted by atomic mass is 10.1. The minimum atomic E-state index is -0.228. The molecule has 4 rings (SSSR count). The molecular weight excluding hydrogens is 470 g/mol. The van der Waals surface area contributed by atoms with Crippen LogP contribution in [0.5, 0.6) is 11.6 Å². The highest BCUT2D eigenvalue weighted by molar-refractivity contribution is 6.02. The maximum Gasteiger partial charge on any atom is 0.268 e. The maximum atomic E-state index is 13.2. The van der Waals surface area contributed by atoms with Gasteiger partial charge < -0.3 is 29.6 Å². The minimum Gasteiger partial charge on any atom is -0.497 e. The van der Waals surface area contributed by atoms with E-state index >= 15 is 0 Å². The molecule has 0 saturated heterocycles. The number of ether oxygens (including phenoxy) is 2. The number of benzene rings is 2. The van der Waals surface area contributed by atoms with E-state index in [1.807, 2.05) is 49.3 Å². The molecule has 0 fully saturated rings. The number of carbonyl (C=O) groups excluding carboxylic acids is 2. The molecule has 1 amide bonds. The SMILES string of the molecule is COc1ccc(C(=O)Cn2c(C(=O)NCCN(C)C)cc3ccc(Nc4ccnc(OC)c4)cc32)cc1. The van der Waals surface area contributed by atoms with E-state index in [0.717, 1.165) is 22.3 Å². The van der Waals surface area contributed by atoms with Gasteiger partial charge in [0.25, 0.3) is 5.91 Å². The zero-order chi connectivity index (χ0) is 26.4. The summed E-state index contributed by atoms with van der Waals surface area (Å²) in [5.74, 6) is 0.831. The number of amides is 1. The molecule has 0 bridgehead atoms. The van der Waals surface area contributed by atoms with Crippen molar-refractivity contribution in [2.45, 2.75) is 6.54 Å². The van der Waals surface area contributed by atoms with Gasteiger partial charge in [-0.15, -0.1) is 0 Å². The number of nitrogens with zero attached hydrogens (tertiary/aromatic N) is 3. The van der Waals surface area contributed by atoms with E-state index in [-0.39, 0.29) is 18.2 Å². The van der Waals surface area contributed by atoms with Crippen molar-refractivity contribution in [3.63, 3.8) is 0 Å². The third-order valence-electron chi connectivity index (χ3n) is 5.93. The number of methoxy groups -OCH3 is 2. The number of aromatic nitrogens is 2. The molecule has 0 unspecified atom stereocenters. The van der Waals surface area contributed by atoms with Crippen LogP contribution in [0.25, 0.3) is 10.9 Å². The minimum absolute atomic E-state index is 0.0127. The van der Waals surface area contributed by atoms with Crippen LogP contribution in [0.2, 0.25) is 0 Å². The van der Waals surface area contributed by atoms with Crippen LogP contribution >= 0.6 is 0 Å². The summed E-state index contributed by atoms with van der Waals surface area (Å²) >= 11 is 0. The van der Waals surface area contributed by atoms with Crippen molar-refractivity contribution in [3.05, 3.63) is 78.1 Å². The maximum absolute atomic E-state index is 13.2. The second-order valence-electron chi connectivity index (χ2n) is 8.81. The topological polar surface area (TPSA) is 97.7 Å². The number of pyridine rings is 1. The first-order chi connectivity index (χ1) is 17.9. The molecule has 192 valence electrons. The van der Waals surface area contributed by atoms with Crippen LogP contribution in [-0.4, -0.2) is 67.5 Å². The summed E-state index contributed by atoms with van der Waals surface area (Å²) in [6, 6.07) is 18.2. The van der Waals surface area contributed by atoms with E-state index in [9.17, 15) is 9.59 Å². The summed E-state index contributed by atoms with van der Waals surface area (Å²) in [5, 5.41) is 7.16. The third-order valence-corrected chi connectivity index (χ3v) is 5.93. The zero-order valence-electron chi connectivity index (χ0n) is 21.4. The van der Waals surface area contributed by atoms with E-state index in [0.29, 0.717) is 36.0 Å². The Bertz CT molecular complexity index is 1400. The molecular formula is C28H31N5O4. The number of anilines is 2. The van der Waals surface area contributed by atoms with E-state index in [1.165, 1.54) is 0 Å². The number of hydrogen-bond acceptors (Lipinski definition) is 7. The van der Waals surface area contributed by atoms with Gasteiger partial charge in [-0.3, -0.25) is 9.59 Å². The molecule has 0 radical (unpaired) electrons. The number of ketones is 1. The van der Waals surface area contributed by atoms with Crippen molar-refractivity contribution in [1.29, 1.82) is 0 Å². The first kappa shape index (κ1) is 25.7. The molecule has 9 nitrogen and oxygen atoms in total. The van der Waals surface area contributed by atoms with E-state index in [4.69, 9.17) is 9.47 Å². The van der Waals surface area contributed by atoms with Crippen LogP contribution in [0.4, 0.5) is 11.4 Å². The van der Waals surface area contributed by atoms with Gasteiger partial charge in [-0.2, -0.15) is 0 Å². The number of nitrogens with one attached hydrogen (secondary N) is 2. The molecule has 9 heteroatoms. The molecule has 2 aromatic carbocycles. The van der Waals surface area contributed by atoms with Crippen LogP contribution in [0, 0.1) is 0 Å². The lowest BCUT2D eigenvalue weighted by molar-refractivity contribution is 0.0936. The fraction of sp³-hybridized carbons (Fsp3) is 0.250. The van der Waals surface area contributed by atoms with Gasteiger partial charge in [0.15, 0.2) is 5.78 Å². The molecule has 0 spiro atoms. The molecule has 0 aliphatic rings. The van der Waals surface area contributed by atoms with Crippen molar-refractivity contribution in [1.82, 2.24) is 19.8 Å². The van der Waals surface area contributed by atoms with Crippen molar-refractivity contribution in [2.75, 3.05) is 46.7 Å². The van der Waals surface area contributed by atoms with Gasteiger partial charge in [-0.25, -0.2) is 4.98 Å². The lowest BCUT2D eigenvalue weighted by Gasteiger charge is -2.13. The van der Waals surface area contributed by atoms with E-state index < -0.39 is 0 Å². The predicted molar refractivity (Wildman–Crippen MR) is 144 cm³/mol. The number of likely N-dealkylation sites (N-methyl/N-ethyl adjacent to an activating group) is 1. The molecule has 37 heavy (non-hydrogen) atoms. The van der Waals surface area contributed by atoms with Crippen molar-refractivity contribution >= 4 is 34.0 Å². The smallest absolute Gasteiger partial charge is 0.268 e. The van der Waals surface area contributed by atoms with Gasteiger partial charge in [0, 0.05) is 47.7 Å². The highest BCUT2D eigenvalue weighted by Crippen LogP contribution is 2.27. The van der Waals surface area contributed by atoms with Crippen molar-refractivity contribution < 1.29 is 19.1 Å². The summed E-state index contributed by atoms with van der Waals surface area (Å²) in [6.45, 7) is 1.22. The van der Waals surface area contributed by atoms with Crippen LogP contribution in [0.15, 0.2) is 66.9 Å². The van der Waals surface area contributed by atoms with Gasteiger partial charge >= 0.3 is 0 Å². The molecule has 2 N–H and O–H groups in total. The van der Waals surface area contributed by atoms with Crippen LogP contribution in [-0.2, 0) is 6.54 Å². The standard InChI is InChI=1S/C28H31N5O4/c1-32(2)14-13-30-28(35)25-15-20-5-8-21(31-22-11-12-29-27(17-22)37-4)16-24(20)33(25)18-26(34)19-6-9-23(36-3)10-7-19/h5-12,15-17H,13-14,18H2,1-4H3,(H,29,31)(H,30,35). The average molecular weight is 502 g/mol. The number of hydrogen-bond donors (Lipinski definition) is 2. The summed E-state index contributed by atoms with van der Waals surface area (Å²) in [7, 11) is 7.04. The molecule has 4 aromatic rings. The third kappa shape index (κ3) is 6.25. The van der Waals surface area contributed by atoms with Gasteiger partial charge in [-0.1, -0.05) is 6.07 Å². The van der Waals surface area contributed by atoms with Gasteiger partial charge in [0.2, 0.25) is 5.88 Å². The number of carbonyl (C=O) groups is 2. The fourth-order valence-electron chi connectivity index (χ4n) is 3.95. The fourth-order valence-corrected chi connectivity index (χ4v) is 3.95. The van der Waals surface area contributed by atoms with E-state index in [2.05, 4.69) is 15.6 Å². The number of Topliss-reactive ketones (excluding diaryl/α,β-unsaturated/α-hetero) is 1. The average Bonchev–Trinajstić information content (AvgIpc) is 3.26. The second-order valence-corrected chi connectivity index (χ2v) is 8.81. The summed E-state index contributed by atoms with van der Waals surface area (Å²) in [6.07, 6.45) is 1.66. The van der Waals surface area contributed by atoms with Gasteiger partial charge in [-0.05, 0) is 62.6 Å². The molecule has 0 saturated carbocycles. The van der Waals surface area contributed by atoms with Gasteiger partial charge in [0.1, 0.15) is 11.4 Å². The first-order valence-electron chi connectivity index (χ1n) is 11.9. The van der Waals surface area contributed by atoms with Crippen molar-refractivity contribution in [3.8, 4) is 11.6 Å². The summed E-state index contributed by atoms with van der Waals surface area (Å²) in [5.41, 5.74) is 3.35. The highest BCUT2D eigenvalue weighted by atomic mass is 16.5. The number of rotatable bonds is 11.